The zero-order valence-electron chi connectivity index (χ0n) is 11.3. The van der Waals surface area contributed by atoms with Crippen LogP contribution in [0.5, 0.6) is 0 Å². The first kappa shape index (κ1) is 14.9. The van der Waals surface area contributed by atoms with Crippen molar-refractivity contribution >= 4 is 62.2 Å². The Balaban J connectivity index is 1.67. The van der Waals surface area contributed by atoms with Gasteiger partial charge in [-0.15, -0.1) is 21.5 Å². The summed E-state index contributed by atoms with van der Waals surface area (Å²) in [4.78, 5) is 19.2. The van der Waals surface area contributed by atoms with Crippen LogP contribution in [0.1, 0.15) is 5.82 Å². The van der Waals surface area contributed by atoms with Crippen LogP contribution < -0.4 is 5.56 Å². The highest BCUT2D eigenvalue weighted by molar-refractivity contribution is 7.98. The van der Waals surface area contributed by atoms with Crippen molar-refractivity contribution in [2.75, 3.05) is 0 Å². The van der Waals surface area contributed by atoms with E-state index in [-0.39, 0.29) is 5.56 Å². The fourth-order valence-corrected chi connectivity index (χ4v) is 4.14. The largest absolute Gasteiger partial charge is 0.309 e. The molecule has 23 heavy (non-hydrogen) atoms. The first-order chi connectivity index (χ1) is 11.1. The Bertz CT molecular complexity index is 1090. The molecule has 0 aromatic carbocycles. The topological polar surface area (TPSA) is 75.9 Å². The summed E-state index contributed by atoms with van der Waals surface area (Å²) in [6.07, 6.45) is 1.70. The molecular weight excluding hydrogens is 377 g/mol. The van der Waals surface area contributed by atoms with Gasteiger partial charge in [0.25, 0.3) is 5.56 Å². The molecule has 0 radical (unpaired) electrons. The van der Waals surface area contributed by atoms with Crippen molar-refractivity contribution in [3.8, 4) is 0 Å². The normalized spacial score (nSPS) is 11.6. The van der Waals surface area contributed by atoms with Crippen molar-refractivity contribution < 1.29 is 0 Å². The van der Waals surface area contributed by atoms with Crippen molar-refractivity contribution in [3.63, 3.8) is 0 Å². The Kier molecular flexibility index (Phi) is 3.76. The highest BCUT2D eigenvalue weighted by atomic mass is 35.5. The lowest BCUT2D eigenvalue weighted by Gasteiger charge is -2.02. The van der Waals surface area contributed by atoms with E-state index in [9.17, 15) is 4.79 Å². The number of nitrogens with one attached hydrogen (secondary N) is 1. The third-order valence-corrected chi connectivity index (χ3v) is 5.44. The van der Waals surface area contributed by atoms with E-state index in [1.807, 2.05) is 11.4 Å². The van der Waals surface area contributed by atoms with E-state index in [4.69, 9.17) is 23.2 Å². The monoisotopic (exact) mass is 383 g/mol. The Morgan fingerprint density at radius 3 is 3.09 bits per heavy atom. The van der Waals surface area contributed by atoms with Gasteiger partial charge in [-0.05, 0) is 17.5 Å². The molecule has 0 amide bonds. The summed E-state index contributed by atoms with van der Waals surface area (Å²) in [5.41, 5.74) is 1.11. The molecule has 0 aliphatic rings. The van der Waals surface area contributed by atoms with Crippen LogP contribution in [0, 0.1) is 0 Å². The molecule has 0 fully saturated rings. The molecule has 0 aliphatic carbocycles. The summed E-state index contributed by atoms with van der Waals surface area (Å²) in [5.74, 6) is 1.03. The Labute approximate surface area is 147 Å². The second kappa shape index (κ2) is 5.79. The number of hydrogen-bond acceptors (Lipinski definition) is 6. The van der Waals surface area contributed by atoms with Gasteiger partial charge in [-0.3, -0.25) is 9.20 Å². The molecule has 6 nitrogen and oxygen atoms in total. The highest BCUT2D eigenvalue weighted by Gasteiger charge is 2.12. The fourth-order valence-electron chi connectivity index (χ4n) is 2.12. The van der Waals surface area contributed by atoms with Gasteiger partial charge in [0.05, 0.1) is 21.3 Å². The van der Waals surface area contributed by atoms with Gasteiger partial charge in [0.2, 0.25) is 0 Å². The number of hydrogen-bond donors (Lipinski definition) is 1. The van der Waals surface area contributed by atoms with Crippen LogP contribution in [-0.4, -0.2) is 24.6 Å². The van der Waals surface area contributed by atoms with Crippen LogP contribution in [0.3, 0.4) is 0 Å². The molecule has 1 N–H and O–H groups in total. The predicted octanol–water partition coefficient (Wildman–Crippen LogP) is 3.63. The maximum Gasteiger partial charge on any atom is 0.268 e. The van der Waals surface area contributed by atoms with Crippen molar-refractivity contribution in [1.29, 1.82) is 0 Å². The predicted molar refractivity (Wildman–Crippen MR) is 92.8 cm³/mol. The van der Waals surface area contributed by atoms with Gasteiger partial charge < -0.3 is 4.98 Å². The number of thioether (sulfide) groups is 1. The van der Waals surface area contributed by atoms with E-state index in [0.29, 0.717) is 42.6 Å². The van der Waals surface area contributed by atoms with E-state index in [0.717, 1.165) is 0 Å². The van der Waals surface area contributed by atoms with Crippen LogP contribution in [0.4, 0.5) is 0 Å². The molecule has 4 aromatic heterocycles. The minimum Gasteiger partial charge on any atom is -0.309 e. The molecule has 0 aliphatic heterocycles. The number of H-pyrrole nitrogens is 1. The maximum absolute atomic E-state index is 12.0. The summed E-state index contributed by atoms with van der Waals surface area (Å²) >= 11 is 14.9. The summed E-state index contributed by atoms with van der Waals surface area (Å²) in [6, 6.07) is 3.44. The van der Waals surface area contributed by atoms with Gasteiger partial charge in [-0.1, -0.05) is 35.0 Å². The molecular formula is C13H7Cl2N5OS2. The quantitative estimate of drug-likeness (QED) is 0.546. The van der Waals surface area contributed by atoms with Gasteiger partial charge in [0.15, 0.2) is 10.8 Å². The molecule has 0 saturated heterocycles. The van der Waals surface area contributed by atoms with Crippen molar-refractivity contribution in [2.24, 2.45) is 0 Å². The lowest BCUT2D eigenvalue weighted by atomic mass is 10.4. The zero-order chi connectivity index (χ0) is 16.0. The van der Waals surface area contributed by atoms with E-state index < -0.39 is 0 Å². The number of halogens is 2. The van der Waals surface area contributed by atoms with Gasteiger partial charge in [0, 0.05) is 6.20 Å². The molecule has 0 bridgehead atoms. The lowest BCUT2D eigenvalue weighted by molar-refractivity contribution is 0.917. The van der Waals surface area contributed by atoms with E-state index in [1.165, 1.54) is 23.1 Å². The zero-order valence-corrected chi connectivity index (χ0v) is 14.4. The summed E-state index contributed by atoms with van der Waals surface area (Å²) < 4.78 is 2.35. The summed E-state index contributed by atoms with van der Waals surface area (Å²) in [6.45, 7) is 0. The Morgan fingerprint density at radius 1 is 1.35 bits per heavy atom. The Morgan fingerprint density at radius 2 is 2.22 bits per heavy atom. The lowest BCUT2D eigenvalue weighted by Crippen LogP contribution is -2.09. The molecule has 116 valence electrons. The molecule has 4 heterocycles. The van der Waals surface area contributed by atoms with Gasteiger partial charge in [-0.2, -0.15) is 0 Å². The van der Waals surface area contributed by atoms with Crippen molar-refractivity contribution in [1.82, 2.24) is 24.6 Å². The number of aromatic nitrogens is 5. The number of pyridine rings is 1. The van der Waals surface area contributed by atoms with Crippen LogP contribution in [0.2, 0.25) is 10.0 Å². The van der Waals surface area contributed by atoms with E-state index in [1.54, 1.807) is 16.7 Å². The van der Waals surface area contributed by atoms with Gasteiger partial charge >= 0.3 is 0 Å². The molecule has 4 rings (SSSR count). The second-order valence-electron chi connectivity index (χ2n) is 4.62. The molecule has 0 saturated carbocycles. The third-order valence-electron chi connectivity index (χ3n) is 3.10. The van der Waals surface area contributed by atoms with Crippen LogP contribution in [0.15, 0.2) is 33.7 Å². The molecule has 0 spiro atoms. The van der Waals surface area contributed by atoms with Crippen LogP contribution in [-0.2, 0) is 5.75 Å². The van der Waals surface area contributed by atoms with Gasteiger partial charge in [-0.25, -0.2) is 4.98 Å². The fraction of sp³-hybridized carbons (Fsp3) is 0.0769. The van der Waals surface area contributed by atoms with Crippen LogP contribution in [0.25, 0.3) is 15.9 Å². The smallest absolute Gasteiger partial charge is 0.268 e. The standard InChI is InChI=1S/C13H7Cl2N5OS2/c14-6-3-7(15)11-18-19-13(20(11)4-6)23-5-9-16-8-1-2-22-10(8)12(21)17-9/h1-4H,5H2,(H,16,17,21). The number of nitrogens with zero attached hydrogens (tertiary/aromatic N) is 4. The van der Waals surface area contributed by atoms with E-state index in [2.05, 4.69) is 20.2 Å². The molecule has 0 unspecified atom stereocenters. The number of thiophene rings is 1. The summed E-state index contributed by atoms with van der Waals surface area (Å²) in [5, 5.41) is 11.5. The molecule has 10 heteroatoms. The average Bonchev–Trinajstić information content (AvgIpc) is 3.12. The van der Waals surface area contributed by atoms with Crippen LogP contribution >= 0.6 is 46.3 Å². The summed E-state index contributed by atoms with van der Waals surface area (Å²) in [7, 11) is 0. The maximum atomic E-state index is 12.0. The van der Waals surface area contributed by atoms with E-state index >= 15 is 0 Å². The first-order valence-electron chi connectivity index (χ1n) is 6.41. The average molecular weight is 384 g/mol. The SMILES string of the molecule is O=c1[nH]c(CSc2nnc3c(Cl)cc(Cl)cn23)nc2ccsc12. The minimum absolute atomic E-state index is 0.127. The number of aromatic amines is 1. The first-order valence-corrected chi connectivity index (χ1v) is 9.03. The van der Waals surface area contributed by atoms with Crippen molar-refractivity contribution in [3.05, 3.63) is 49.9 Å². The van der Waals surface area contributed by atoms with Crippen molar-refractivity contribution in [2.45, 2.75) is 10.9 Å². The second-order valence-corrected chi connectivity index (χ2v) is 7.32. The molecule has 0 atom stereocenters. The number of rotatable bonds is 3. The Hall–Kier alpha value is -1.61. The number of fused-ring (bicyclic) bond motifs is 2. The third kappa shape index (κ3) is 2.72. The minimum atomic E-state index is -0.127. The molecule has 4 aromatic rings. The van der Waals surface area contributed by atoms with Gasteiger partial charge in [0.1, 0.15) is 10.5 Å². The highest BCUT2D eigenvalue weighted by Crippen LogP contribution is 2.26.